The van der Waals surface area contributed by atoms with Gasteiger partial charge in [-0.3, -0.25) is 9.59 Å². The molecule has 0 aliphatic carbocycles. The van der Waals surface area contributed by atoms with Gasteiger partial charge in [0.1, 0.15) is 6.04 Å². The van der Waals surface area contributed by atoms with Crippen LogP contribution in [0.2, 0.25) is 5.02 Å². The third kappa shape index (κ3) is 6.38. The van der Waals surface area contributed by atoms with E-state index in [9.17, 15) is 9.59 Å². The molecule has 0 saturated carbocycles. The summed E-state index contributed by atoms with van der Waals surface area (Å²) in [5.41, 5.74) is 4.09. The lowest BCUT2D eigenvalue weighted by Crippen LogP contribution is -2.49. The van der Waals surface area contributed by atoms with Gasteiger partial charge in [0.05, 0.1) is 6.42 Å². The molecule has 0 heterocycles. The fourth-order valence-electron chi connectivity index (χ4n) is 3.27. The van der Waals surface area contributed by atoms with Gasteiger partial charge in [-0.2, -0.15) is 0 Å². The van der Waals surface area contributed by atoms with Crippen molar-refractivity contribution in [2.45, 2.75) is 59.7 Å². The van der Waals surface area contributed by atoms with Crippen LogP contribution in [0.25, 0.3) is 0 Å². The molecule has 2 aromatic rings. The first-order chi connectivity index (χ1) is 13.2. The number of carbonyl (C=O) groups is 2. The standard InChI is InChI=1S/C23H29ClN2O2/c1-15(2)25-23(28)18(5)26(14-19-7-6-8-21(24)12-19)22(27)13-20-10-16(3)9-17(4)11-20/h6-12,15,18H,13-14H2,1-5H3,(H,25,28). The summed E-state index contributed by atoms with van der Waals surface area (Å²) in [6, 6.07) is 12.9. The number of hydrogen-bond donors (Lipinski definition) is 1. The van der Waals surface area contributed by atoms with Gasteiger partial charge in [0, 0.05) is 17.6 Å². The average Bonchev–Trinajstić information content (AvgIpc) is 2.57. The molecule has 0 spiro atoms. The van der Waals surface area contributed by atoms with Gasteiger partial charge >= 0.3 is 0 Å². The zero-order valence-electron chi connectivity index (χ0n) is 17.3. The summed E-state index contributed by atoms with van der Waals surface area (Å²) < 4.78 is 0. The molecule has 1 N–H and O–H groups in total. The maximum atomic E-state index is 13.2. The largest absolute Gasteiger partial charge is 0.352 e. The van der Waals surface area contributed by atoms with E-state index in [4.69, 9.17) is 11.6 Å². The molecule has 2 aromatic carbocycles. The predicted octanol–water partition coefficient (Wildman–Crippen LogP) is 4.44. The molecule has 150 valence electrons. The molecular formula is C23H29ClN2O2. The minimum atomic E-state index is -0.584. The highest BCUT2D eigenvalue weighted by atomic mass is 35.5. The summed E-state index contributed by atoms with van der Waals surface area (Å²) in [4.78, 5) is 27.4. The van der Waals surface area contributed by atoms with Crippen molar-refractivity contribution in [2.75, 3.05) is 0 Å². The lowest BCUT2D eigenvalue weighted by Gasteiger charge is -2.29. The number of amides is 2. The maximum absolute atomic E-state index is 13.2. The lowest BCUT2D eigenvalue weighted by molar-refractivity contribution is -0.140. The van der Waals surface area contributed by atoms with Crippen molar-refractivity contribution in [2.24, 2.45) is 0 Å². The summed E-state index contributed by atoms with van der Waals surface area (Å²) >= 11 is 6.10. The second-order valence-corrected chi connectivity index (χ2v) is 8.10. The van der Waals surface area contributed by atoms with Crippen LogP contribution >= 0.6 is 11.6 Å². The van der Waals surface area contributed by atoms with Crippen molar-refractivity contribution in [3.05, 3.63) is 69.7 Å². The lowest BCUT2D eigenvalue weighted by atomic mass is 10.0. The van der Waals surface area contributed by atoms with Crippen LogP contribution in [0.5, 0.6) is 0 Å². The van der Waals surface area contributed by atoms with E-state index in [2.05, 4.69) is 11.4 Å². The van der Waals surface area contributed by atoms with Crippen LogP contribution in [0.1, 0.15) is 43.0 Å². The first kappa shape index (κ1) is 22.0. The van der Waals surface area contributed by atoms with E-state index >= 15 is 0 Å². The Kier molecular flexibility index (Phi) is 7.64. The van der Waals surface area contributed by atoms with Gasteiger partial charge < -0.3 is 10.2 Å². The Labute approximate surface area is 172 Å². The van der Waals surface area contributed by atoms with Gasteiger partial charge in [-0.05, 0) is 57.9 Å². The number of halogens is 1. The van der Waals surface area contributed by atoms with E-state index < -0.39 is 6.04 Å². The number of aryl methyl sites for hydroxylation is 2. The highest BCUT2D eigenvalue weighted by molar-refractivity contribution is 6.30. The summed E-state index contributed by atoms with van der Waals surface area (Å²) in [5, 5.41) is 3.51. The minimum Gasteiger partial charge on any atom is -0.352 e. The fourth-order valence-corrected chi connectivity index (χ4v) is 3.48. The van der Waals surface area contributed by atoms with Crippen molar-refractivity contribution >= 4 is 23.4 Å². The van der Waals surface area contributed by atoms with Crippen LogP contribution in [-0.2, 0) is 22.6 Å². The molecule has 5 heteroatoms. The molecule has 0 bridgehead atoms. The van der Waals surface area contributed by atoms with Gasteiger partial charge in [-0.1, -0.05) is 53.1 Å². The first-order valence-electron chi connectivity index (χ1n) is 9.57. The van der Waals surface area contributed by atoms with E-state index in [-0.39, 0.29) is 24.3 Å². The molecule has 1 unspecified atom stereocenters. The second kappa shape index (κ2) is 9.74. The molecule has 4 nitrogen and oxygen atoms in total. The summed E-state index contributed by atoms with van der Waals surface area (Å²) in [6.07, 6.45) is 0.252. The van der Waals surface area contributed by atoms with Crippen LogP contribution < -0.4 is 5.32 Å². The molecule has 0 radical (unpaired) electrons. The number of hydrogen-bond acceptors (Lipinski definition) is 2. The number of benzene rings is 2. The molecule has 0 aliphatic heterocycles. The third-order valence-electron chi connectivity index (χ3n) is 4.48. The van der Waals surface area contributed by atoms with E-state index in [1.165, 1.54) is 0 Å². The number of nitrogens with one attached hydrogen (secondary N) is 1. The van der Waals surface area contributed by atoms with Gasteiger partial charge in [0.25, 0.3) is 0 Å². The fraction of sp³-hybridized carbons (Fsp3) is 0.391. The Morgan fingerprint density at radius 2 is 1.64 bits per heavy atom. The Hall–Kier alpha value is -2.33. The predicted molar refractivity (Wildman–Crippen MR) is 114 cm³/mol. The van der Waals surface area contributed by atoms with E-state index in [0.29, 0.717) is 11.6 Å². The maximum Gasteiger partial charge on any atom is 0.242 e. The topological polar surface area (TPSA) is 49.4 Å². The molecule has 0 fully saturated rings. The Balaban J connectivity index is 2.27. The Bertz CT molecular complexity index is 828. The van der Waals surface area contributed by atoms with Crippen molar-refractivity contribution in [3.8, 4) is 0 Å². The van der Waals surface area contributed by atoms with Crippen LogP contribution in [-0.4, -0.2) is 28.8 Å². The van der Waals surface area contributed by atoms with Crippen LogP contribution in [0.4, 0.5) is 0 Å². The molecule has 0 saturated heterocycles. The Morgan fingerprint density at radius 1 is 1.00 bits per heavy atom. The zero-order valence-corrected chi connectivity index (χ0v) is 18.0. The second-order valence-electron chi connectivity index (χ2n) is 7.66. The smallest absolute Gasteiger partial charge is 0.242 e. The highest BCUT2D eigenvalue weighted by Crippen LogP contribution is 2.17. The molecule has 0 aromatic heterocycles. The first-order valence-corrected chi connectivity index (χ1v) is 9.95. The van der Waals surface area contributed by atoms with E-state index in [0.717, 1.165) is 22.3 Å². The van der Waals surface area contributed by atoms with Crippen molar-refractivity contribution in [1.82, 2.24) is 10.2 Å². The van der Waals surface area contributed by atoms with Gasteiger partial charge in [0.2, 0.25) is 11.8 Å². The highest BCUT2D eigenvalue weighted by Gasteiger charge is 2.26. The monoisotopic (exact) mass is 400 g/mol. The molecule has 1 atom stereocenters. The molecular weight excluding hydrogens is 372 g/mol. The summed E-state index contributed by atoms with van der Waals surface area (Å²) in [7, 11) is 0. The third-order valence-corrected chi connectivity index (χ3v) is 4.71. The van der Waals surface area contributed by atoms with E-state index in [1.54, 1.807) is 17.9 Å². The zero-order chi connectivity index (χ0) is 20.8. The van der Waals surface area contributed by atoms with Crippen molar-refractivity contribution < 1.29 is 9.59 Å². The van der Waals surface area contributed by atoms with Crippen molar-refractivity contribution in [3.63, 3.8) is 0 Å². The van der Waals surface area contributed by atoms with Gasteiger partial charge in [-0.25, -0.2) is 0 Å². The number of nitrogens with zero attached hydrogens (tertiary/aromatic N) is 1. The van der Waals surface area contributed by atoms with Crippen LogP contribution in [0.15, 0.2) is 42.5 Å². The Morgan fingerprint density at radius 3 is 2.21 bits per heavy atom. The van der Waals surface area contributed by atoms with E-state index in [1.807, 2.05) is 58.0 Å². The van der Waals surface area contributed by atoms with Crippen molar-refractivity contribution in [1.29, 1.82) is 0 Å². The molecule has 2 amide bonds. The summed E-state index contributed by atoms with van der Waals surface area (Å²) in [5.74, 6) is -0.248. The molecule has 0 aliphatic rings. The van der Waals surface area contributed by atoms with Gasteiger partial charge in [0.15, 0.2) is 0 Å². The summed E-state index contributed by atoms with van der Waals surface area (Å²) in [6.45, 7) is 9.94. The normalized spacial score (nSPS) is 12.0. The molecule has 28 heavy (non-hydrogen) atoms. The molecule has 2 rings (SSSR count). The SMILES string of the molecule is Cc1cc(C)cc(CC(=O)N(Cc2cccc(Cl)c2)C(C)C(=O)NC(C)C)c1. The minimum absolute atomic E-state index is 0.0116. The van der Waals surface area contributed by atoms with Crippen LogP contribution in [0.3, 0.4) is 0 Å². The number of carbonyl (C=O) groups excluding carboxylic acids is 2. The quantitative estimate of drug-likeness (QED) is 0.746. The number of rotatable bonds is 7. The average molecular weight is 401 g/mol. The van der Waals surface area contributed by atoms with Crippen LogP contribution in [0, 0.1) is 13.8 Å². The van der Waals surface area contributed by atoms with Gasteiger partial charge in [-0.15, -0.1) is 0 Å².